The number of nitrogens with zero attached hydrogens (tertiary/aromatic N) is 1. The summed E-state index contributed by atoms with van der Waals surface area (Å²) in [6.45, 7) is 5.30. The zero-order chi connectivity index (χ0) is 21.5. The molecule has 1 heterocycles. The Bertz CT molecular complexity index is 898. The van der Waals surface area contributed by atoms with Gasteiger partial charge in [0.05, 0.1) is 26.9 Å². The van der Waals surface area contributed by atoms with Crippen LogP contribution < -0.4 is 20.1 Å². The second kappa shape index (κ2) is 10.1. The van der Waals surface area contributed by atoms with Crippen molar-refractivity contribution in [3.05, 3.63) is 53.1 Å². The van der Waals surface area contributed by atoms with Crippen LogP contribution in [0.25, 0.3) is 0 Å². The number of benzene rings is 2. The zero-order valence-corrected chi connectivity index (χ0v) is 18.0. The highest BCUT2D eigenvalue weighted by Crippen LogP contribution is 2.22. The first kappa shape index (κ1) is 21.6. The van der Waals surface area contributed by atoms with E-state index in [1.807, 2.05) is 26.0 Å². The van der Waals surface area contributed by atoms with Crippen molar-refractivity contribution in [1.29, 1.82) is 0 Å². The molecule has 1 saturated heterocycles. The van der Waals surface area contributed by atoms with Crippen molar-refractivity contribution in [3.63, 3.8) is 0 Å². The topological polar surface area (TPSA) is 81.2 Å². The minimum atomic E-state index is -0.310. The first-order valence-corrected chi connectivity index (χ1v) is 10.0. The number of nitrogens with one attached hydrogen (secondary N) is 2. The van der Waals surface area contributed by atoms with Gasteiger partial charge in [0.2, 0.25) is 5.96 Å². The predicted octanol–water partition coefficient (Wildman–Crippen LogP) is 3.70. The average Bonchev–Trinajstić information content (AvgIpc) is 3.27. The summed E-state index contributed by atoms with van der Waals surface area (Å²) < 4.78 is 16.2. The van der Waals surface area contributed by atoms with E-state index in [2.05, 4.69) is 21.7 Å². The number of aliphatic imine (C=N–C) groups is 1. The second-order valence-corrected chi connectivity index (χ2v) is 7.32. The molecule has 30 heavy (non-hydrogen) atoms. The Morgan fingerprint density at radius 1 is 1.13 bits per heavy atom. The number of ether oxygens (including phenoxy) is 3. The van der Waals surface area contributed by atoms with Crippen molar-refractivity contribution in [2.24, 2.45) is 4.99 Å². The number of guanidine groups is 1. The second-order valence-electron chi connectivity index (χ2n) is 7.32. The lowest BCUT2D eigenvalue weighted by molar-refractivity contribution is 0.0975. The molecular weight excluding hydrogens is 382 g/mol. The monoisotopic (exact) mass is 411 g/mol. The van der Waals surface area contributed by atoms with Gasteiger partial charge in [0.1, 0.15) is 11.5 Å². The minimum absolute atomic E-state index is 0.0785. The molecule has 0 bridgehead atoms. The van der Waals surface area contributed by atoms with Crippen molar-refractivity contribution in [1.82, 2.24) is 5.32 Å². The number of hydrogen-bond donors (Lipinski definition) is 2. The van der Waals surface area contributed by atoms with Gasteiger partial charge >= 0.3 is 0 Å². The third-order valence-electron chi connectivity index (χ3n) is 4.96. The summed E-state index contributed by atoms with van der Waals surface area (Å²) in [7, 11) is 3.10. The van der Waals surface area contributed by atoms with E-state index in [-0.39, 0.29) is 12.0 Å². The number of carbonyl (C=O) groups excluding carboxylic acids is 1. The summed E-state index contributed by atoms with van der Waals surface area (Å²) in [5.41, 5.74) is 3.54. The highest BCUT2D eigenvalue weighted by molar-refractivity contribution is 6.10. The molecule has 0 unspecified atom stereocenters. The molecule has 0 aromatic heterocycles. The van der Waals surface area contributed by atoms with E-state index >= 15 is 0 Å². The molecule has 2 aromatic carbocycles. The van der Waals surface area contributed by atoms with Gasteiger partial charge in [0.15, 0.2) is 0 Å². The summed E-state index contributed by atoms with van der Waals surface area (Å²) in [6, 6.07) is 11.1. The van der Waals surface area contributed by atoms with Crippen LogP contribution in [0.1, 0.15) is 34.3 Å². The van der Waals surface area contributed by atoms with Crippen LogP contribution in [-0.2, 0) is 4.74 Å². The molecule has 3 rings (SSSR count). The summed E-state index contributed by atoms with van der Waals surface area (Å²) in [5.74, 6) is 1.15. The van der Waals surface area contributed by atoms with Gasteiger partial charge < -0.3 is 19.5 Å². The molecule has 2 N–H and O–H groups in total. The van der Waals surface area contributed by atoms with Crippen LogP contribution in [0.3, 0.4) is 0 Å². The molecule has 160 valence electrons. The Morgan fingerprint density at radius 3 is 2.47 bits per heavy atom. The van der Waals surface area contributed by atoms with E-state index in [4.69, 9.17) is 14.2 Å². The van der Waals surface area contributed by atoms with Crippen LogP contribution in [0.4, 0.5) is 5.69 Å². The van der Waals surface area contributed by atoms with Crippen molar-refractivity contribution in [2.75, 3.05) is 32.7 Å². The molecule has 1 atom stereocenters. The molecule has 0 radical (unpaired) electrons. The largest absolute Gasteiger partial charge is 0.497 e. The van der Waals surface area contributed by atoms with Gasteiger partial charge in [0.25, 0.3) is 5.91 Å². The van der Waals surface area contributed by atoms with Crippen LogP contribution in [0, 0.1) is 13.8 Å². The van der Waals surface area contributed by atoms with Crippen LogP contribution in [0.15, 0.2) is 41.4 Å². The van der Waals surface area contributed by atoms with Crippen LogP contribution in [0.2, 0.25) is 0 Å². The summed E-state index contributed by atoms with van der Waals surface area (Å²) in [4.78, 5) is 17.5. The Kier molecular flexibility index (Phi) is 7.30. The van der Waals surface area contributed by atoms with E-state index in [0.29, 0.717) is 29.6 Å². The number of aryl methyl sites for hydroxylation is 2. The zero-order valence-electron chi connectivity index (χ0n) is 18.0. The fourth-order valence-electron chi connectivity index (χ4n) is 3.29. The summed E-state index contributed by atoms with van der Waals surface area (Å²) in [6.07, 6.45) is 2.09. The van der Waals surface area contributed by atoms with Gasteiger partial charge in [-0.05, 0) is 50.5 Å². The van der Waals surface area contributed by atoms with Gasteiger partial charge in [0, 0.05) is 23.9 Å². The van der Waals surface area contributed by atoms with Crippen LogP contribution in [-0.4, -0.2) is 45.3 Å². The van der Waals surface area contributed by atoms with Gasteiger partial charge in [-0.3, -0.25) is 10.1 Å². The summed E-state index contributed by atoms with van der Waals surface area (Å²) in [5, 5.41) is 6.14. The fourth-order valence-corrected chi connectivity index (χ4v) is 3.29. The molecule has 7 heteroatoms. The number of amides is 1. The number of carbonyl (C=O) groups is 1. The van der Waals surface area contributed by atoms with Crippen molar-refractivity contribution in [3.8, 4) is 11.5 Å². The molecule has 0 aliphatic carbocycles. The molecular formula is C23H29N3O4. The molecule has 0 spiro atoms. The fraction of sp³-hybridized carbons (Fsp3) is 0.391. The third kappa shape index (κ3) is 5.73. The maximum absolute atomic E-state index is 12.9. The third-order valence-corrected chi connectivity index (χ3v) is 4.96. The highest BCUT2D eigenvalue weighted by atomic mass is 16.5. The van der Waals surface area contributed by atoms with Gasteiger partial charge in [-0.1, -0.05) is 17.7 Å². The van der Waals surface area contributed by atoms with E-state index in [9.17, 15) is 4.79 Å². The maximum Gasteiger partial charge on any atom is 0.258 e. The van der Waals surface area contributed by atoms with Gasteiger partial charge in [-0.15, -0.1) is 0 Å². The molecule has 7 nitrogen and oxygen atoms in total. The Morgan fingerprint density at radius 2 is 1.87 bits per heavy atom. The lowest BCUT2D eigenvalue weighted by atomic mass is 10.1. The molecule has 0 saturated carbocycles. The smallest absolute Gasteiger partial charge is 0.258 e. The van der Waals surface area contributed by atoms with Crippen molar-refractivity contribution < 1.29 is 19.0 Å². The molecule has 1 amide bonds. The summed E-state index contributed by atoms with van der Waals surface area (Å²) >= 11 is 0. The lowest BCUT2D eigenvalue weighted by Gasteiger charge is -2.16. The first-order chi connectivity index (χ1) is 14.5. The Labute approximate surface area is 177 Å². The highest BCUT2D eigenvalue weighted by Gasteiger charge is 2.17. The average molecular weight is 412 g/mol. The van der Waals surface area contributed by atoms with E-state index in [0.717, 1.165) is 30.7 Å². The molecule has 1 fully saturated rings. The van der Waals surface area contributed by atoms with Crippen molar-refractivity contribution in [2.45, 2.75) is 32.8 Å². The first-order valence-electron chi connectivity index (χ1n) is 10.0. The molecule has 1 aliphatic rings. The number of hydrogen-bond acceptors (Lipinski definition) is 5. The van der Waals surface area contributed by atoms with Crippen LogP contribution >= 0.6 is 0 Å². The van der Waals surface area contributed by atoms with E-state index in [1.54, 1.807) is 32.4 Å². The number of methoxy groups -OCH3 is 2. The number of rotatable bonds is 6. The molecule has 1 aliphatic heterocycles. The van der Waals surface area contributed by atoms with Gasteiger partial charge in [-0.2, -0.15) is 0 Å². The Hall–Kier alpha value is -3.06. The SMILES string of the molecule is COc1cc(OC)cc(C(=O)NC(=NC[C@H]2CCCO2)Nc2ccc(C)cc2C)c1. The predicted molar refractivity (Wildman–Crippen MR) is 118 cm³/mol. The quantitative estimate of drug-likeness (QED) is 0.560. The van der Waals surface area contributed by atoms with Crippen LogP contribution in [0.5, 0.6) is 11.5 Å². The van der Waals surface area contributed by atoms with E-state index < -0.39 is 0 Å². The standard InChI is InChI=1S/C23H29N3O4/c1-15-7-8-21(16(2)10-15)25-23(24-14-18-6-5-9-30-18)26-22(27)17-11-19(28-3)13-20(12-17)29-4/h7-8,10-13,18H,5-6,9,14H2,1-4H3,(H2,24,25,26,27)/t18-/m1/s1. The normalized spacial score (nSPS) is 16.3. The number of anilines is 1. The van der Waals surface area contributed by atoms with Crippen molar-refractivity contribution >= 4 is 17.6 Å². The van der Waals surface area contributed by atoms with Gasteiger partial charge in [-0.25, -0.2) is 4.99 Å². The Balaban J connectivity index is 1.82. The minimum Gasteiger partial charge on any atom is -0.497 e. The maximum atomic E-state index is 12.9. The molecule has 2 aromatic rings. The lowest BCUT2D eigenvalue weighted by Crippen LogP contribution is -2.37. The van der Waals surface area contributed by atoms with E-state index in [1.165, 1.54) is 5.56 Å².